The van der Waals surface area contributed by atoms with Gasteiger partial charge in [-0.25, -0.2) is 4.39 Å². The van der Waals surface area contributed by atoms with Gasteiger partial charge in [-0.3, -0.25) is 4.79 Å². The van der Waals surface area contributed by atoms with Crippen LogP contribution in [-0.4, -0.2) is 17.0 Å². The van der Waals surface area contributed by atoms with E-state index in [9.17, 15) is 9.18 Å². The Hall–Kier alpha value is -2.62. The van der Waals surface area contributed by atoms with E-state index in [1.807, 2.05) is 25.1 Å². The molecule has 0 saturated heterocycles. The maximum atomic E-state index is 13.9. The second-order valence-corrected chi connectivity index (χ2v) is 6.55. The number of aromatic nitrogens is 1. The minimum absolute atomic E-state index is 0.00515. The standard InChI is InChI=1S/C22H25FN2O/c1-3-12-24-22(26)14-19(16-8-7-9-17(23)13-16)20-15-25(4-2)21-11-6-5-10-18(20)21/h5-11,13,15,19H,3-4,12,14H2,1-2H3,(H,24,26)/t19-/m1/s1. The van der Waals surface area contributed by atoms with Crippen molar-refractivity contribution in [3.8, 4) is 0 Å². The number of para-hydroxylation sites is 1. The summed E-state index contributed by atoms with van der Waals surface area (Å²) in [5.41, 5.74) is 3.04. The zero-order valence-electron chi connectivity index (χ0n) is 15.3. The highest BCUT2D eigenvalue weighted by Gasteiger charge is 2.22. The van der Waals surface area contributed by atoms with Crippen molar-refractivity contribution >= 4 is 16.8 Å². The zero-order valence-corrected chi connectivity index (χ0v) is 15.3. The van der Waals surface area contributed by atoms with E-state index < -0.39 is 0 Å². The molecule has 26 heavy (non-hydrogen) atoms. The van der Waals surface area contributed by atoms with E-state index in [2.05, 4.69) is 35.1 Å². The van der Waals surface area contributed by atoms with E-state index in [1.165, 1.54) is 12.1 Å². The average Bonchev–Trinajstić information content (AvgIpc) is 3.03. The Morgan fingerprint density at radius 2 is 1.96 bits per heavy atom. The lowest BCUT2D eigenvalue weighted by molar-refractivity contribution is -0.121. The van der Waals surface area contributed by atoms with Crippen LogP contribution in [0.25, 0.3) is 10.9 Å². The first-order valence-corrected chi connectivity index (χ1v) is 9.24. The fourth-order valence-electron chi connectivity index (χ4n) is 3.47. The Bertz CT molecular complexity index is 900. The summed E-state index contributed by atoms with van der Waals surface area (Å²) in [5, 5.41) is 4.06. The van der Waals surface area contributed by atoms with Gasteiger partial charge in [-0.15, -0.1) is 0 Å². The molecule has 1 heterocycles. The second kappa shape index (κ2) is 8.17. The van der Waals surface area contributed by atoms with Crippen LogP contribution in [0, 0.1) is 5.82 Å². The summed E-state index contributed by atoms with van der Waals surface area (Å²) in [5.74, 6) is -0.463. The smallest absolute Gasteiger partial charge is 0.220 e. The lowest BCUT2D eigenvalue weighted by atomic mass is 9.88. The quantitative estimate of drug-likeness (QED) is 0.648. The maximum Gasteiger partial charge on any atom is 0.220 e. The molecule has 0 spiro atoms. The summed E-state index contributed by atoms with van der Waals surface area (Å²) in [6, 6.07) is 14.8. The predicted octanol–water partition coefficient (Wildman–Crippen LogP) is 4.85. The third-order valence-electron chi connectivity index (χ3n) is 4.75. The van der Waals surface area contributed by atoms with Crippen molar-refractivity contribution in [1.29, 1.82) is 0 Å². The minimum Gasteiger partial charge on any atom is -0.356 e. The van der Waals surface area contributed by atoms with Gasteiger partial charge in [0.25, 0.3) is 0 Å². The normalized spacial score (nSPS) is 12.3. The molecule has 2 aromatic carbocycles. The number of halogens is 1. The van der Waals surface area contributed by atoms with Gasteiger partial charge in [-0.2, -0.15) is 0 Å². The van der Waals surface area contributed by atoms with Crippen LogP contribution in [0.3, 0.4) is 0 Å². The number of hydrogen-bond donors (Lipinski definition) is 1. The summed E-state index contributed by atoms with van der Waals surface area (Å²) < 4.78 is 16.0. The van der Waals surface area contributed by atoms with Crippen molar-refractivity contribution in [2.45, 2.75) is 39.2 Å². The lowest BCUT2D eigenvalue weighted by Crippen LogP contribution is -2.26. The molecular formula is C22H25FN2O. The van der Waals surface area contributed by atoms with Gasteiger partial charge < -0.3 is 9.88 Å². The van der Waals surface area contributed by atoms with Gasteiger partial charge in [0.1, 0.15) is 5.82 Å². The molecule has 0 saturated carbocycles. The lowest BCUT2D eigenvalue weighted by Gasteiger charge is -2.17. The number of amides is 1. The topological polar surface area (TPSA) is 34.0 Å². The molecule has 0 radical (unpaired) electrons. The molecule has 1 aromatic heterocycles. The largest absolute Gasteiger partial charge is 0.356 e. The van der Waals surface area contributed by atoms with Crippen LogP contribution in [0.2, 0.25) is 0 Å². The van der Waals surface area contributed by atoms with E-state index in [0.717, 1.165) is 35.0 Å². The van der Waals surface area contributed by atoms with Crippen LogP contribution in [-0.2, 0) is 11.3 Å². The van der Waals surface area contributed by atoms with Crippen molar-refractivity contribution in [2.24, 2.45) is 0 Å². The molecule has 0 fully saturated rings. The fraction of sp³-hybridized carbons (Fsp3) is 0.318. The maximum absolute atomic E-state index is 13.9. The summed E-state index contributed by atoms with van der Waals surface area (Å²) in [7, 11) is 0. The number of benzene rings is 2. The second-order valence-electron chi connectivity index (χ2n) is 6.55. The fourth-order valence-corrected chi connectivity index (χ4v) is 3.47. The van der Waals surface area contributed by atoms with Crippen LogP contribution in [0.5, 0.6) is 0 Å². The molecule has 1 atom stereocenters. The van der Waals surface area contributed by atoms with Crippen LogP contribution >= 0.6 is 0 Å². The number of nitrogens with one attached hydrogen (secondary N) is 1. The van der Waals surface area contributed by atoms with Crippen LogP contribution in [0.4, 0.5) is 4.39 Å². The van der Waals surface area contributed by atoms with Crippen LogP contribution in [0.15, 0.2) is 54.7 Å². The molecule has 1 N–H and O–H groups in total. The first-order chi connectivity index (χ1) is 12.6. The molecule has 0 unspecified atom stereocenters. The molecule has 0 bridgehead atoms. The monoisotopic (exact) mass is 352 g/mol. The Morgan fingerprint density at radius 1 is 1.15 bits per heavy atom. The van der Waals surface area contributed by atoms with E-state index >= 15 is 0 Å². The van der Waals surface area contributed by atoms with Gasteiger partial charge in [0, 0.05) is 42.5 Å². The average molecular weight is 352 g/mol. The number of hydrogen-bond acceptors (Lipinski definition) is 1. The van der Waals surface area contributed by atoms with Gasteiger partial charge in [-0.1, -0.05) is 37.3 Å². The Labute approximate surface area is 153 Å². The van der Waals surface area contributed by atoms with Gasteiger partial charge in [0.2, 0.25) is 5.91 Å². The first kappa shape index (κ1) is 18.2. The van der Waals surface area contributed by atoms with Gasteiger partial charge >= 0.3 is 0 Å². The van der Waals surface area contributed by atoms with Crippen molar-refractivity contribution in [1.82, 2.24) is 9.88 Å². The molecule has 3 rings (SSSR count). The third-order valence-corrected chi connectivity index (χ3v) is 4.75. The summed E-state index contributed by atoms with van der Waals surface area (Å²) in [4.78, 5) is 12.4. The molecular weight excluding hydrogens is 327 g/mol. The van der Waals surface area contributed by atoms with Crippen molar-refractivity contribution < 1.29 is 9.18 Å². The molecule has 3 nitrogen and oxygen atoms in total. The van der Waals surface area contributed by atoms with E-state index in [-0.39, 0.29) is 17.6 Å². The Morgan fingerprint density at radius 3 is 2.69 bits per heavy atom. The van der Waals surface area contributed by atoms with E-state index in [1.54, 1.807) is 6.07 Å². The number of carbonyl (C=O) groups is 1. The van der Waals surface area contributed by atoms with Crippen molar-refractivity contribution in [3.63, 3.8) is 0 Å². The van der Waals surface area contributed by atoms with Gasteiger partial charge in [0.05, 0.1) is 0 Å². The zero-order chi connectivity index (χ0) is 18.5. The Balaban J connectivity index is 2.07. The highest BCUT2D eigenvalue weighted by atomic mass is 19.1. The summed E-state index contributed by atoms with van der Waals surface area (Å²) >= 11 is 0. The number of aryl methyl sites for hydroxylation is 1. The predicted molar refractivity (Wildman–Crippen MR) is 104 cm³/mol. The molecule has 0 aliphatic carbocycles. The Kier molecular flexibility index (Phi) is 5.71. The van der Waals surface area contributed by atoms with Gasteiger partial charge in [0.15, 0.2) is 0 Å². The van der Waals surface area contributed by atoms with Gasteiger partial charge in [-0.05, 0) is 42.7 Å². The molecule has 0 aliphatic rings. The summed E-state index contributed by atoms with van der Waals surface area (Å²) in [6.07, 6.45) is 3.31. The molecule has 136 valence electrons. The molecule has 4 heteroatoms. The molecule has 3 aromatic rings. The SMILES string of the molecule is CCCNC(=O)C[C@H](c1cccc(F)c1)c1cn(CC)c2ccccc12. The highest BCUT2D eigenvalue weighted by Crippen LogP contribution is 2.35. The first-order valence-electron chi connectivity index (χ1n) is 9.24. The van der Waals surface area contributed by atoms with E-state index in [0.29, 0.717) is 13.0 Å². The van der Waals surface area contributed by atoms with Crippen LogP contribution < -0.4 is 5.32 Å². The summed E-state index contributed by atoms with van der Waals surface area (Å²) in [6.45, 7) is 5.63. The highest BCUT2D eigenvalue weighted by molar-refractivity contribution is 5.86. The van der Waals surface area contributed by atoms with Crippen molar-refractivity contribution in [2.75, 3.05) is 6.54 Å². The number of fused-ring (bicyclic) bond motifs is 1. The van der Waals surface area contributed by atoms with Crippen molar-refractivity contribution in [3.05, 3.63) is 71.7 Å². The number of rotatable bonds is 7. The third kappa shape index (κ3) is 3.79. The number of nitrogens with zero attached hydrogens (tertiary/aromatic N) is 1. The molecule has 1 amide bonds. The number of carbonyl (C=O) groups excluding carboxylic acids is 1. The van der Waals surface area contributed by atoms with Crippen LogP contribution in [0.1, 0.15) is 43.7 Å². The molecule has 0 aliphatic heterocycles. The van der Waals surface area contributed by atoms with E-state index in [4.69, 9.17) is 0 Å². The minimum atomic E-state index is -0.277.